The minimum atomic E-state index is -0.196. The van der Waals surface area contributed by atoms with Gasteiger partial charge < -0.3 is 5.32 Å². The van der Waals surface area contributed by atoms with E-state index < -0.39 is 0 Å². The van der Waals surface area contributed by atoms with Crippen molar-refractivity contribution in [1.82, 2.24) is 5.32 Å². The molecule has 0 saturated heterocycles. The lowest BCUT2D eigenvalue weighted by Gasteiger charge is -2.02. The molecular weight excluding hydrogens is 330 g/mol. The zero-order chi connectivity index (χ0) is 11.8. The number of nitrogens with zero attached hydrogens (tertiary/aromatic N) is 1. The first-order chi connectivity index (χ1) is 8.24. The second-order valence-corrected chi connectivity index (χ2v) is 5.30. The van der Waals surface area contributed by atoms with Crippen LogP contribution in [0.1, 0.15) is 5.56 Å². The zero-order valence-corrected chi connectivity index (χ0v) is 11.1. The highest BCUT2D eigenvalue weighted by Gasteiger charge is 2.36. The van der Waals surface area contributed by atoms with E-state index in [2.05, 4.69) is 39.0 Å². The van der Waals surface area contributed by atoms with Crippen LogP contribution in [0.5, 0.6) is 0 Å². The van der Waals surface area contributed by atoms with Crippen LogP contribution < -0.4 is 5.32 Å². The first-order valence-corrected chi connectivity index (χ1v) is 6.44. The Labute approximate surface area is 112 Å². The van der Waals surface area contributed by atoms with Crippen LogP contribution in [0.2, 0.25) is 0 Å². The smallest absolute Gasteiger partial charge is 0.123 e. The number of nitrogens with one attached hydrogen (secondary N) is 1. The van der Waals surface area contributed by atoms with E-state index in [1.54, 1.807) is 12.1 Å². The van der Waals surface area contributed by atoms with Gasteiger partial charge >= 0.3 is 0 Å². The fourth-order valence-corrected chi connectivity index (χ4v) is 2.36. The van der Waals surface area contributed by atoms with E-state index in [1.165, 1.54) is 23.4 Å². The molecule has 1 aliphatic heterocycles. The number of rotatable bonds is 3. The molecule has 0 fully saturated rings. The van der Waals surface area contributed by atoms with E-state index >= 15 is 0 Å². The third kappa shape index (κ3) is 2.26. The molecule has 0 saturated carbocycles. The zero-order valence-electron chi connectivity index (χ0n) is 8.95. The van der Waals surface area contributed by atoms with Crippen molar-refractivity contribution in [1.29, 1.82) is 0 Å². The Hall–Kier alpha value is -1.17. The van der Waals surface area contributed by atoms with Gasteiger partial charge in [0.2, 0.25) is 0 Å². The molecule has 0 bridgehead atoms. The van der Waals surface area contributed by atoms with E-state index in [0.717, 1.165) is 15.7 Å². The summed E-state index contributed by atoms with van der Waals surface area (Å²) in [4.78, 5) is 4.40. The van der Waals surface area contributed by atoms with Crippen molar-refractivity contribution in [2.75, 3.05) is 0 Å². The summed E-state index contributed by atoms with van der Waals surface area (Å²) in [6, 6.07) is 6.80. The Morgan fingerprint density at radius 3 is 2.76 bits per heavy atom. The van der Waals surface area contributed by atoms with Crippen LogP contribution in [0, 0.1) is 5.82 Å². The Kier molecular flexibility index (Phi) is 2.74. The molecule has 3 rings (SSSR count). The largest absolute Gasteiger partial charge is 0.382 e. The van der Waals surface area contributed by atoms with E-state index in [4.69, 9.17) is 0 Å². The molecule has 0 radical (unpaired) electrons. The molecule has 2 aliphatic rings. The van der Waals surface area contributed by atoms with Crippen LogP contribution in [-0.2, 0) is 6.54 Å². The number of hydrogen-bond donors (Lipinski definition) is 1. The molecule has 86 valence electrons. The van der Waals surface area contributed by atoms with Crippen molar-refractivity contribution >= 4 is 28.8 Å². The standard InChI is InChI=1S/C13H10FIN2/c14-9-3-1-8(2-4-9)6-16-12-11-5-10(15)7-17-13(11)12/h1-5,7,13,16H,6H2/t13-/m0/s1. The minimum Gasteiger partial charge on any atom is -0.382 e. The molecular formula is C13H10FIN2. The van der Waals surface area contributed by atoms with Crippen LogP contribution in [0.15, 0.2) is 50.2 Å². The summed E-state index contributed by atoms with van der Waals surface area (Å²) in [5.41, 5.74) is 3.54. The third-order valence-corrected chi connectivity index (χ3v) is 3.42. The van der Waals surface area contributed by atoms with Crippen LogP contribution in [0.4, 0.5) is 4.39 Å². The number of benzene rings is 1. The van der Waals surface area contributed by atoms with Gasteiger partial charge in [0.05, 0.1) is 0 Å². The maximum absolute atomic E-state index is 12.7. The van der Waals surface area contributed by atoms with Gasteiger partial charge in [-0.3, -0.25) is 4.99 Å². The van der Waals surface area contributed by atoms with Gasteiger partial charge in [-0.15, -0.1) is 0 Å². The molecule has 0 spiro atoms. The molecule has 2 nitrogen and oxygen atoms in total. The van der Waals surface area contributed by atoms with Gasteiger partial charge in [-0.25, -0.2) is 4.39 Å². The second-order valence-electron chi connectivity index (χ2n) is 4.06. The number of allylic oxidation sites excluding steroid dienone is 1. The van der Waals surface area contributed by atoms with E-state index in [0.29, 0.717) is 0 Å². The quantitative estimate of drug-likeness (QED) is 0.841. The lowest BCUT2D eigenvalue weighted by atomic mass is 10.2. The van der Waals surface area contributed by atoms with Crippen LogP contribution in [0.25, 0.3) is 0 Å². The minimum absolute atomic E-state index is 0.196. The molecule has 1 aromatic carbocycles. The normalized spacial score (nSPS) is 21.1. The highest BCUT2D eigenvalue weighted by atomic mass is 127. The van der Waals surface area contributed by atoms with Gasteiger partial charge in [-0.1, -0.05) is 12.1 Å². The maximum Gasteiger partial charge on any atom is 0.123 e. The molecule has 1 aromatic rings. The monoisotopic (exact) mass is 340 g/mol. The van der Waals surface area contributed by atoms with E-state index in [9.17, 15) is 4.39 Å². The number of hydrogen-bond acceptors (Lipinski definition) is 2. The van der Waals surface area contributed by atoms with Gasteiger partial charge in [0.15, 0.2) is 0 Å². The molecule has 1 atom stereocenters. The lowest BCUT2D eigenvalue weighted by Crippen LogP contribution is -2.10. The molecule has 0 unspecified atom stereocenters. The SMILES string of the molecule is Fc1ccc(CNC2=C3C=C(I)C=N[C@@H]32)cc1. The van der Waals surface area contributed by atoms with Crippen molar-refractivity contribution < 1.29 is 4.39 Å². The van der Waals surface area contributed by atoms with Gasteiger partial charge in [-0.05, 0) is 46.4 Å². The predicted octanol–water partition coefficient (Wildman–Crippen LogP) is 2.95. The van der Waals surface area contributed by atoms with Crippen LogP contribution in [0.3, 0.4) is 0 Å². The molecule has 0 aromatic heterocycles. The van der Waals surface area contributed by atoms with E-state index in [-0.39, 0.29) is 11.9 Å². The molecule has 0 amide bonds. The van der Waals surface area contributed by atoms with E-state index in [1.807, 2.05) is 6.21 Å². The average Bonchev–Trinajstić information content (AvgIpc) is 3.01. The maximum atomic E-state index is 12.7. The third-order valence-electron chi connectivity index (χ3n) is 2.83. The molecule has 4 heteroatoms. The van der Waals surface area contributed by atoms with Crippen LogP contribution in [-0.4, -0.2) is 12.3 Å². The fourth-order valence-electron chi connectivity index (χ4n) is 1.87. The highest BCUT2D eigenvalue weighted by molar-refractivity contribution is 14.1. The van der Waals surface area contributed by atoms with Crippen molar-refractivity contribution in [3.8, 4) is 0 Å². The summed E-state index contributed by atoms with van der Waals surface area (Å²) < 4.78 is 13.9. The highest BCUT2D eigenvalue weighted by Crippen LogP contribution is 2.38. The van der Waals surface area contributed by atoms with Crippen LogP contribution >= 0.6 is 22.6 Å². The number of dihydropyridines is 1. The topological polar surface area (TPSA) is 24.4 Å². The Balaban J connectivity index is 1.64. The lowest BCUT2D eigenvalue weighted by molar-refractivity contribution is 0.626. The van der Waals surface area contributed by atoms with Crippen molar-refractivity contribution in [3.05, 3.63) is 56.6 Å². The van der Waals surface area contributed by atoms with Crippen molar-refractivity contribution in [2.24, 2.45) is 4.99 Å². The molecule has 1 aliphatic carbocycles. The molecule has 1 N–H and O–H groups in total. The summed E-state index contributed by atoms with van der Waals surface area (Å²) in [7, 11) is 0. The Morgan fingerprint density at radius 2 is 2.06 bits per heavy atom. The van der Waals surface area contributed by atoms with Crippen molar-refractivity contribution in [2.45, 2.75) is 12.6 Å². The number of halogens is 2. The summed E-state index contributed by atoms with van der Waals surface area (Å²) >= 11 is 2.26. The second kappa shape index (κ2) is 4.25. The summed E-state index contributed by atoms with van der Waals surface area (Å²) in [6.07, 6.45) is 4.03. The first kappa shape index (κ1) is 11.0. The predicted molar refractivity (Wildman–Crippen MR) is 74.6 cm³/mol. The first-order valence-electron chi connectivity index (χ1n) is 5.37. The fraction of sp³-hybridized carbons (Fsp3) is 0.154. The van der Waals surface area contributed by atoms with Crippen molar-refractivity contribution in [3.63, 3.8) is 0 Å². The van der Waals surface area contributed by atoms with Gasteiger partial charge in [-0.2, -0.15) is 0 Å². The molecule has 17 heavy (non-hydrogen) atoms. The number of aliphatic imine (C=N–C) groups is 1. The Bertz CT molecular complexity index is 543. The van der Waals surface area contributed by atoms with Gasteiger partial charge in [0.1, 0.15) is 11.9 Å². The Morgan fingerprint density at radius 1 is 1.29 bits per heavy atom. The summed E-state index contributed by atoms with van der Waals surface area (Å²) in [5.74, 6) is -0.196. The van der Waals surface area contributed by atoms with Gasteiger partial charge in [0, 0.05) is 27.6 Å². The summed E-state index contributed by atoms with van der Waals surface area (Å²) in [6.45, 7) is 0.718. The number of fused-ring (bicyclic) bond motifs is 1. The molecule has 1 heterocycles. The average molecular weight is 340 g/mol. The summed E-state index contributed by atoms with van der Waals surface area (Å²) in [5, 5.41) is 3.35. The van der Waals surface area contributed by atoms with Gasteiger partial charge in [0.25, 0.3) is 0 Å².